The minimum Gasteiger partial charge on any atom is -0.383 e. The van der Waals surface area contributed by atoms with Crippen molar-refractivity contribution in [1.82, 2.24) is 20.0 Å². The predicted octanol–water partition coefficient (Wildman–Crippen LogP) is 1.65. The molecule has 0 saturated carbocycles. The lowest BCUT2D eigenvalue weighted by atomic mass is 9.86. The Kier molecular flexibility index (Phi) is 5.73. The fourth-order valence-corrected chi connectivity index (χ4v) is 4.13. The Morgan fingerprint density at radius 3 is 2.69 bits per heavy atom. The summed E-state index contributed by atoms with van der Waals surface area (Å²) in [6.45, 7) is 3.95. The number of aromatic nitrogens is 2. The second-order valence-electron chi connectivity index (χ2n) is 6.43. The van der Waals surface area contributed by atoms with E-state index in [1.54, 1.807) is 18.0 Å². The summed E-state index contributed by atoms with van der Waals surface area (Å²) in [5.41, 5.74) is -0.764. The number of hydrogen-bond acceptors (Lipinski definition) is 5. The Morgan fingerprint density at radius 2 is 2.12 bits per heavy atom. The molecule has 2 aromatic rings. The summed E-state index contributed by atoms with van der Waals surface area (Å²) in [4.78, 5) is 29.3. The largest absolute Gasteiger partial charge is 0.383 e. The van der Waals surface area contributed by atoms with E-state index in [0.717, 1.165) is 9.75 Å². The highest BCUT2D eigenvalue weighted by atomic mass is 32.1. The Labute approximate surface area is 156 Å². The maximum Gasteiger partial charge on any atom is 0.263 e. The lowest BCUT2D eigenvalue weighted by Crippen LogP contribution is -2.56. The lowest BCUT2D eigenvalue weighted by Gasteiger charge is -2.40. The van der Waals surface area contributed by atoms with Gasteiger partial charge in [0.05, 0.1) is 11.5 Å². The number of methoxy groups -OCH3 is 1. The first-order valence-corrected chi connectivity index (χ1v) is 9.51. The van der Waals surface area contributed by atoms with E-state index in [-0.39, 0.29) is 11.8 Å². The Balaban J connectivity index is 1.73. The number of nitrogens with zero attached hydrogens (tertiary/aromatic N) is 3. The monoisotopic (exact) mass is 376 g/mol. The van der Waals surface area contributed by atoms with Crippen LogP contribution in [-0.4, -0.2) is 59.8 Å². The summed E-state index contributed by atoms with van der Waals surface area (Å²) in [5, 5.41) is 7.25. The quantitative estimate of drug-likeness (QED) is 0.778. The van der Waals surface area contributed by atoms with Crippen molar-refractivity contribution in [3.8, 4) is 0 Å². The first-order chi connectivity index (χ1) is 12.6. The van der Waals surface area contributed by atoms with Crippen molar-refractivity contribution in [2.45, 2.75) is 25.3 Å². The van der Waals surface area contributed by atoms with Gasteiger partial charge in [-0.2, -0.15) is 5.10 Å². The van der Waals surface area contributed by atoms with Crippen molar-refractivity contribution in [3.63, 3.8) is 0 Å². The first kappa shape index (κ1) is 18.6. The van der Waals surface area contributed by atoms with Crippen LogP contribution < -0.4 is 5.32 Å². The van der Waals surface area contributed by atoms with Gasteiger partial charge in [0, 0.05) is 44.0 Å². The van der Waals surface area contributed by atoms with Gasteiger partial charge >= 0.3 is 0 Å². The van der Waals surface area contributed by atoms with Crippen LogP contribution >= 0.6 is 11.3 Å². The van der Waals surface area contributed by atoms with Crippen LogP contribution in [0.3, 0.4) is 0 Å². The number of aryl methyl sites for hydroxylation is 1. The minimum atomic E-state index is -0.764. The maximum atomic E-state index is 12.9. The zero-order chi connectivity index (χ0) is 18.6. The van der Waals surface area contributed by atoms with Gasteiger partial charge in [0.25, 0.3) is 5.91 Å². The normalized spacial score (nSPS) is 16.5. The van der Waals surface area contributed by atoms with Gasteiger partial charge in [0.2, 0.25) is 5.91 Å². The lowest BCUT2D eigenvalue weighted by molar-refractivity contribution is -0.133. The van der Waals surface area contributed by atoms with Crippen molar-refractivity contribution < 1.29 is 14.3 Å². The molecule has 2 aromatic heterocycles. The van der Waals surface area contributed by atoms with Crippen LogP contribution in [-0.2, 0) is 15.1 Å². The van der Waals surface area contributed by atoms with Crippen LogP contribution in [0.15, 0.2) is 30.6 Å². The van der Waals surface area contributed by atoms with E-state index in [2.05, 4.69) is 10.4 Å². The predicted molar refractivity (Wildman–Crippen MR) is 99.3 cm³/mol. The van der Waals surface area contributed by atoms with E-state index in [0.29, 0.717) is 39.1 Å². The molecule has 1 saturated heterocycles. The molecule has 0 atom stereocenters. The zero-order valence-corrected chi connectivity index (χ0v) is 15.9. The molecule has 7 nitrogen and oxygen atoms in total. The van der Waals surface area contributed by atoms with Crippen LogP contribution in [0.2, 0.25) is 0 Å². The summed E-state index contributed by atoms with van der Waals surface area (Å²) >= 11 is 1.51. The highest BCUT2D eigenvalue weighted by Gasteiger charge is 2.44. The molecule has 1 fully saturated rings. The topological polar surface area (TPSA) is 76.5 Å². The van der Waals surface area contributed by atoms with Crippen LogP contribution in [0, 0.1) is 6.92 Å². The van der Waals surface area contributed by atoms with E-state index < -0.39 is 5.54 Å². The molecule has 26 heavy (non-hydrogen) atoms. The average Bonchev–Trinajstić information content (AvgIpc) is 3.33. The van der Waals surface area contributed by atoms with Crippen LogP contribution in [0.1, 0.15) is 27.4 Å². The fraction of sp³-hybridized carbons (Fsp3) is 0.500. The molecule has 1 N–H and O–H groups in total. The van der Waals surface area contributed by atoms with Crippen molar-refractivity contribution in [1.29, 1.82) is 0 Å². The molecule has 1 aliphatic heterocycles. The van der Waals surface area contributed by atoms with Crippen LogP contribution in [0.5, 0.6) is 0 Å². The molecule has 1 aliphatic rings. The van der Waals surface area contributed by atoms with Gasteiger partial charge in [0.1, 0.15) is 5.54 Å². The van der Waals surface area contributed by atoms with Gasteiger partial charge in [0.15, 0.2) is 0 Å². The molecular formula is C18H24N4O3S. The number of amides is 2. The molecule has 0 aromatic carbocycles. The summed E-state index contributed by atoms with van der Waals surface area (Å²) in [6, 6.07) is 5.64. The number of likely N-dealkylation sites (tertiary alicyclic amines) is 1. The molecule has 0 unspecified atom stereocenters. The van der Waals surface area contributed by atoms with E-state index in [1.807, 2.05) is 36.2 Å². The number of nitrogens with one attached hydrogen (secondary N) is 1. The van der Waals surface area contributed by atoms with Gasteiger partial charge in [-0.3, -0.25) is 14.3 Å². The third-order valence-electron chi connectivity index (χ3n) is 4.79. The van der Waals surface area contributed by atoms with Gasteiger partial charge in [-0.25, -0.2) is 0 Å². The summed E-state index contributed by atoms with van der Waals surface area (Å²) < 4.78 is 6.74. The van der Waals surface area contributed by atoms with Crippen molar-refractivity contribution in [3.05, 3.63) is 40.3 Å². The fourth-order valence-electron chi connectivity index (χ4n) is 3.30. The second-order valence-corrected chi connectivity index (χ2v) is 7.72. The molecule has 0 aliphatic carbocycles. The van der Waals surface area contributed by atoms with Crippen molar-refractivity contribution >= 4 is 23.2 Å². The summed E-state index contributed by atoms with van der Waals surface area (Å²) in [7, 11) is 1.60. The second kappa shape index (κ2) is 8.01. The zero-order valence-electron chi connectivity index (χ0n) is 15.1. The molecule has 140 valence electrons. The molecule has 3 rings (SSSR count). The molecular weight excluding hydrogens is 352 g/mol. The van der Waals surface area contributed by atoms with Crippen molar-refractivity contribution in [2.24, 2.45) is 0 Å². The van der Waals surface area contributed by atoms with Gasteiger partial charge < -0.3 is 15.0 Å². The Hall–Kier alpha value is -2.19. The number of hydrogen-bond donors (Lipinski definition) is 1. The number of piperidine rings is 1. The highest BCUT2D eigenvalue weighted by Crippen LogP contribution is 2.31. The number of ether oxygens (including phenoxy) is 1. The smallest absolute Gasteiger partial charge is 0.263 e. The molecule has 0 radical (unpaired) electrons. The minimum absolute atomic E-state index is 0.0388. The third-order valence-corrected chi connectivity index (χ3v) is 5.77. The van der Waals surface area contributed by atoms with Gasteiger partial charge in [-0.05, 0) is 38.0 Å². The maximum absolute atomic E-state index is 12.9. The highest BCUT2D eigenvalue weighted by molar-refractivity contribution is 7.13. The molecule has 0 spiro atoms. The van der Waals surface area contributed by atoms with Gasteiger partial charge in [-0.1, -0.05) is 0 Å². The molecule has 3 heterocycles. The number of carbonyl (C=O) groups is 2. The summed E-state index contributed by atoms with van der Waals surface area (Å²) in [6.07, 6.45) is 4.55. The average molecular weight is 376 g/mol. The molecule has 2 amide bonds. The SMILES string of the molecule is COCCNC(=O)C1(n2cccn2)CCN(C(=O)c2ccc(C)s2)CC1. The number of carbonyl (C=O) groups excluding carboxylic acids is 2. The first-order valence-electron chi connectivity index (χ1n) is 8.70. The standard InChI is InChI=1S/C18H24N4O3S/c1-14-4-5-15(26-14)16(23)21-11-6-18(7-12-21,22-10-3-8-20-22)17(24)19-9-13-25-2/h3-5,8,10H,6-7,9,11-13H2,1-2H3,(H,19,24). The van der Waals surface area contributed by atoms with E-state index in [1.165, 1.54) is 11.3 Å². The van der Waals surface area contributed by atoms with E-state index in [4.69, 9.17) is 4.74 Å². The van der Waals surface area contributed by atoms with Crippen molar-refractivity contribution in [2.75, 3.05) is 33.4 Å². The van der Waals surface area contributed by atoms with Gasteiger partial charge in [-0.15, -0.1) is 11.3 Å². The molecule has 8 heteroatoms. The van der Waals surface area contributed by atoms with E-state index >= 15 is 0 Å². The molecule has 0 bridgehead atoms. The number of rotatable bonds is 6. The Morgan fingerprint density at radius 1 is 1.35 bits per heavy atom. The number of thiophene rings is 1. The van der Waals surface area contributed by atoms with E-state index in [9.17, 15) is 9.59 Å². The summed E-state index contributed by atoms with van der Waals surface area (Å²) in [5.74, 6) is -0.0331. The van der Waals surface area contributed by atoms with Crippen LogP contribution in [0.4, 0.5) is 0 Å². The van der Waals surface area contributed by atoms with Crippen LogP contribution in [0.25, 0.3) is 0 Å². The Bertz CT molecular complexity index is 748. The third kappa shape index (κ3) is 3.66.